The number of anilines is 2. The molecule has 1 atom stereocenters. The molecule has 6 heteroatoms. The summed E-state index contributed by atoms with van der Waals surface area (Å²) in [6, 6.07) is 21.7. The van der Waals surface area contributed by atoms with E-state index < -0.39 is 6.10 Å². The van der Waals surface area contributed by atoms with Gasteiger partial charge in [0.05, 0.1) is 17.9 Å². The largest absolute Gasteiger partial charge is 0.494 e. The van der Waals surface area contributed by atoms with E-state index in [1.165, 1.54) is 5.56 Å². The molecule has 0 aliphatic carbocycles. The normalized spacial score (nSPS) is 11.9. The van der Waals surface area contributed by atoms with E-state index in [0.717, 1.165) is 5.75 Å². The van der Waals surface area contributed by atoms with Gasteiger partial charge in [-0.3, -0.25) is 9.59 Å². The predicted molar refractivity (Wildman–Crippen MR) is 136 cm³/mol. The fraction of sp³-hybridized carbons (Fsp3) is 0.286. The van der Waals surface area contributed by atoms with Crippen LogP contribution in [0.1, 0.15) is 50.5 Å². The number of para-hydroxylation sites is 1. The van der Waals surface area contributed by atoms with Gasteiger partial charge in [-0.2, -0.15) is 0 Å². The van der Waals surface area contributed by atoms with E-state index in [1.54, 1.807) is 55.5 Å². The van der Waals surface area contributed by atoms with Crippen LogP contribution in [0.2, 0.25) is 0 Å². The first-order valence-corrected chi connectivity index (χ1v) is 11.4. The van der Waals surface area contributed by atoms with E-state index in [2.05, 4.69) is 31.4 Å². The molecule has 178 valence electrons. The summed E-state index contributed by atoms with van der Waals surface area (Å²) in [5.74, 6) is 0.667. The van der Waals surface area contributed by atoms with Crippen LogP contribution in [-0.4, -0.2) is 24.5 Å². The van der Waals surface area contributed by atoms with Gasteiger partial charge >= 0.3 is 0 Å². The van der Waals surface area contributed by atoms with Crippen LogP contribution in [0.25, 0.3) is 0 Å². The molecule has 6 nitrogen and oxygen atoms in total. The molecule has 0 saturated heterocycles. The summed E-state index contributed by atoms with van der Waals surface area (Å²) in [6.07, 6.45) is -0.747. The highest BCUT2D eigenvalue weighted by Gasteiger charge is 2.19. The smallest absolute Gasteiger partial charge is 0.265 e. The minimum Gasteiger partial charge on any atom is -0.494 e. The van der Waals surface area contributed by atoms with Crippen LogP contribution < -0.4 is 20.1 Å². The number of carbonyl (C=O) groups excluding carboxylic acids is 2. The Kier molecular flexibility index (Phi) is 7.95. The molecule has 0 radical (unpaired) electrons. The topological polar surface area (TPSA) is 76.7 Å². The Balaban J connectivity index is 1.65. The minimum absolute atomic E-state index is 0.0388. The molecule has 2 N–H and O–H groups in total. The van der Waals surface area contributed by atoms with Crippen LogP contribution in [0.15, 0.2) is 72.8 Å². The zero-order valence-corrected chi connectivity index (χ0v) is 20.3. The molecule has 34 heavy (non-hydrogen) atoms. The second-order valence-corrected chi connectivity index (χ2v) is 8.98. The maximum Gasteiger partial charge on any atom is 0.265 e. The lowest BCUT2D eigenvalue weighted by molar-refractivity contribution is -0.122. The van der Waals surface area contributed by atoms with E-state index in [4.69, 9.17) is 9.47 Å². The van der Waals surface area contributed by atoms with Gasteiger partial charge in [-0.15, -0.1) is 0 Å². The highest BCUT2D eigenvalue weighted by Crippen LogP contribution is 2.25. The van der Waals surface area contributed by atoms with Gasteiger partial charge in [0, 0.05) is 5.69 Å². The third-order valence-electron chi connectivity index (χ3n) is 5.26. The van der Waals surface area contributed by atoms with E-state index in [1.807, 2.05) is 31.2 Å². The Labute approximate surface area is 201 Å². The van der Waals surface area contributed by atoms with Gasteiger partial charge in [0.2, 0.25) is 0 Å². The van der Waals surface area contributed by atoms with Crippen molar-refractivity contribution < 1.29 is 19.1 Å². The van der Waals surface area contributed by atoms with E-state index in [-0.39, 0.29) is 17.2 Å². The Morgan fingerprint density at radius 3 is 2.09 bits per heavy atom. The number of ether oxygens (including phenoxy) is 2. The van der Waals surface area contributed by atoms with Gasteiger partial charge in [-0.05, 0) is 73.4 Å². The van der Waals surface area contributed by atoms with Crippen molar-refractivity contribution in [3.05, 3.63) is 83.9 Å². The fourth-order valence-corrected chi connectivity index (χ4v) is 3.32. The van der Waals surface area contributed by atoms with Gasteiger partial charge < -0.3 is 20.1 Å². The molecule has 0 saturated carbocycles. The molecule has 0 aliphatic rings. The summed E-state index contributed by atoms with van der Waals surface area (Å²) < 4.78 is 11.2. The van der Waals surface area contributed by atoms with Crippen molar-refractivity contribution in [2.24, 2.45) is 0 Å². The van der Waals surface area contributed by atoms with Crippen molar-refractivity contribution in [3.8, 4) is 11.5 Å². The molecule has 3 aromatic carbocycles. The van der Waals surface area contributed by atoms with Crippen molar-refractivity contribution in [2.75, 3.05) is 17.2 Å². The molecule has 0 fully saturated rings. The summed E-state index contributed by atoms with van der Waals surface area (Å²) in [6.45, 7) is 10.6. The fourth-order valence-electron chi connectivity index (χ4n) is 3.32. The number of hydrogen-bond acceptors (Lipinski definition) is 4. The molecule has 3 rings (SSSR count). The van der Waals surface area contributed by atoms with Crippen molar-refractivity contribution in [3.63, 3.8) is 0 Å². The number of rotatable bonds is 8. The average Bonchev–Trinajstić information content (AvgIpc) is 2.80. The first-order valence-electron chi connectivity index (χ1n) is 11.4. The summed E-state index contributed by atoms with van der Waals surface area (Å²) >= 11 is 0. The van der Waals surface area contributed by atoms with E-state index in [9.17, 15) is 9.59 Å². The van der Waals surface area contributed by atoms with E-state index in [0.29, 0.717) is 29.3 Å². The highest BCUT2D eigenvalue weighted by atomic mass is 16.5. The summed E-state index contributed by atoms with van der Waals surface area (Å²) in [7, 11) is 0. The van der Waals surface area contributed by atoms with Gasteiger partial charge in [0.25, 0.3) is 11.8 Å². The predicted octanol–water partition coefficient (Wildman–Crippen LogP) is 6.04. The highest BCUT2D eigenvalue weighted by molar-refractivity contribution is 6.10. The Bertz CT molecular complexity index is 1120. The zero-order valence-electron chi connectivity index (χ0n) is 20.3. The molecule has 3 aromatic rings. The van der Waals surface area contributed by atoms with Gasteiger partial charge in [0.1, 0.15) is 11.5 Å². The third kappa shape index (κ3) is 6.61. The Hall–Kier alpha value is -3.80. The van der Waals surface area contributed by atoms with Crippen LogP contribution in [0, 0.1) is 0 Å². The van der Waals surface area contributed by atoms with Crippen molar-refractivity contribution in [2.45, 2.75) is 46.1 Å². The van der Waals surface area contributed by atoms with Crippen LogP contribution >= 0.6 is 0 Å². The summed E-state index contributed by atoms with van der Waals surface area (Å²) in [5, 5.41) is 5.66. The monoisotopic (exact) mass is 460 g/mol. The van der Waals surface area contributed by atoms with Crippen LogP contribution in [-0.2, 0) is 10.2 Å². The van der Waals surface area contributed by atoms with Crippen LogP contribution in [0.5, 0.6) is 11.5 Å². The van der Waals surface area contributed by atoms with Crippen molar-refractivity contribution in [1.82, 2.24) is 0 Å². The quantitative estimate of drug-likeness (QED) is 0.430. The number of hydrogen-bond donors (Lipinski definition) is 2. The Morgan fingerprint density at radius 2 is 1.47 bits per heavy atom. The zero-order chi connectivity index (χ0) is 24.7. The molecule has 0 bridgehead atoms. The minimum atomic E-state index is -0.747. The molecule has 0 heterocycles. The second-order valence-electron chi connectivity index (χ2n) is 8.98. The lowest BCUT2D eigenvalue weighted by atomic mass is 9.87. The number of amides is 2. The SMILES string of the molecule is CCOc1ccc(NC(=O)c2ccccc2NC(=O)C(C)Oc2ccc(C(C)(C)C)cc2)cc1. The number of carbonyl (C=O) groups is 2. The summed E-state index contributed by atoms with van der Waals surface area (Å²) in [4.78, 5) is 25.7. The lowest BCUT2D eigenvalue weighted by Gasteiger charge is -2.20. The molecule has 0 aromatic heterocycles. The third-order valence-corrected chi connectivity index (χ3v) is 5.26. The van der Waals surface area contributed by atoms with Crippen molar-refractivity contribution >= 4 is 23.2 Å². The standard InChI is InChI=1S/C28H32N2O4/c1-6-33-22-17-13-21(14-18-22)29-27(32)24-9-7-8-10-25(24)30-26(31)19(2)34-23-15-11-20(12-16-23)28(3,4)5/h7-19H,6H2,1-5H3,(H,29,32)(H,30,31). The molecule has 2 amide bonds. The number of benzene rings is 3. The first-order chi connectivity index (χ1) is 16.2. The van der Waals surface area contributed by atoms with Crippen molar-refractivity contribution in [1.29, 1.82) is 0 Å². The van der Waals surface area contributed by atoms with Crippen LogP contribution in [0.4, 0.5) is 11.4 Å². The average molecular weight is 461 g/mol. The number of nitrogens with one attached hydrogen (secondary N) is 2. The first kappa shape index (κ1) is 24.8. The molecule has 0 spiro atoms. The molecular formula is C28H32N2O4. The molecule has 1 unspecified atom stereocenters. The van der Waals surface area contributed by atoms with E-state index >= 15 is 0 Å². The molecular weight excluding hydrogens is 428 g/mol. The second kappa shape index (κ2) is 10.9. The molecule has 0 aliphatic heterocycles. The lowest BCUT2D eigenvalue weighted by Crippen LogP contribution is -2.31. The summed E-state index contributed by atoms with van der Waals surface area (Å²) in [5.41, 5.74) is 2.62. The van der Waals surface area contributed by atoms with Crippen LogP contribution in [0.3, 0.4) is 0 Å². The Morgan fingerprint density at radius 1 is 0.853 bits per heavy atom. The maximum atomic E-state index is 12.9. The maximum absolute atomic E-state index is 12.9. The van der Waals surface area contributed by atoms with Gasteiger partial charge in [-0.25, -0.2) is 0 Å². The van der Waals surface area contributed by atoms with Gasteiger partial charge in [0.15, 0.2) is 6.10 Å². The van der Waals surface area contributed by atoms with Gasteiger partial charge in [-0.1, -0.05) is 45.0 Å².